The molecule has 0 aliphatic rings. The van der Waals surface area contributed by atoms with Crippen molar-refractivity contribution in [2.75, 3.05) is 0 Å². The van der Waals surface area contributed by atoms with Crippen LogP contribution in [0.5, 0.6) is 0 Å². The summed E-state index contributed by atoms with van der Waals surface area (Å²) in [6.07, 6.45) is 0. The van der Waals surface area contributed by atoms with Gasteiger partial charge in [-0.25, -0.2) is 0 Å². The molecule has 66 valence electrons. The second kappa shape index (κ2) is 3.01. The molecule has 0 fully saturated rings. The highest BCUT2D eigenvalue weighted by Crippen LogP contribution is 2.19. The van der Waals surface area contributed by atoms with E-state index in [1.165, 1.54) is 6.07 Å². The van der Waals surface area contributed by atoms with Crippen LogP contribution in [0.2, 0.25) is 10.2 Å². The monoisotopic (exact) mass is 216 g/mol. The lowest BCUT2D eigenvalue weighted by atomic mass is 10.2. The third-order valence-electron chi connectivity index (χ3n) is 1.60. The summed E-state index contributed by atoms with van der Waals surface area (Å²) in [5.74, 6) is 0. The lowest BCUT2D eigenvalue weighted by molar-refractivity contribution is -0.699. The molecule has 2 rings (SSSR count). The molecule has 1 aromatic carbocycles. The van der Waals surface area contributed by atoms with Crippen molar-refractivity contribution in [2.45, 2.75) is 0 Å². The zero-order valence-corrected chi connectivity index (χ0v) is 7.84. The molecule has 0 saturated heterocycles. The van der Waals surface area contributed by atoms with Gasteiger partial charge in [-0.2, -0.15) is 4.52 Å². The molecular weight excluding hydrogens is 213 g/mol. The van der Waals surface area contributed by atoms with E-state index in [9.17, 15) is 4.91 Å². The molecule has 0 radical (unpaired) electrons. The summed E-state index contributed by atoms with van der Waals surface area (Å²) in [5.41, 5.74) is 0.448. The Morgan fingerprint density at radius 2 is 2.00 bits per heavy atom. The maximum Gasteiger partial charge on any atom is 0.386 e. The molecule has 13 heavy (non-hydrogen) atoms. The lowest BCUT2D eigenvalue weighted by Crippen LogP contribution is -2.13. The van der Waals surface area contributed by atoms with Crippen LogP contribution in [0, 0.1) is 4.91 Å². The molecule has 1 heterocycles. The highest BCUT2D eigenvalue weighted by molar-refractivity contribution is 6.31. The van der Waals surface area contributed by atoms with Crippen LogP contribution < -0.4 is 4.60 Å². The molecule has 0 N–H and O–H groups in total. The molecule has 0 saturated carbocycles. The minimum Gasteiger partial charge on any atom is -0.184 e. The molecule has 0 amide bonds. The number of hydrogen-bond donors (Lipinski definition) is 0. The molecule has 0 bridgehead atoms. The van der Waals surface area contributed by atoms with Crippen LogP contribution in [0.1, 0.15) is 0 Å². The standard InChI is InChI=1S/C8H4Cl2NO2/c9-6-1-2-7-5(3-6)4-8(10)11(12)13-7/h1-4H/q+1. The fraction of sp³-hybridized carbons (Fsp3) is 0. The summed E-state index contributed by atoms with van der Waals surface area (Å²) < 4.78 is 5.07. The number of hydrogen-bond acceptors (Lipinski definition) is 2. The van der Waals surface area contributed by atoms with Gasteiger partial charge in [-0.05, 0) is 29.8 Å². The number of rotatable bonds is 0. The lowest BCUT2D eigenvalue weighted by Gasteiger charge is -1.90. The molecule has 0 spiro atoms. The van der Waals surface area contributed by atoms with Crippen molar-refractivity contribution in [3.05, 3.63) is 39.3 Å². The van der Waals surface area contributed by atoms with Gasteiger partial charge in [0.1, 0.15) is 0 Å². The van der Waals surface area contributed by atoms with Crippen LogP contribution in [0.25, 0.3) is 11.0 Å². The first kappa shape index (κ1) is 8.53. The number of fused-ring (bicyclic) bond motifs is 1. The minimum atomic E-state index is -0.0187. The molecule has 1 aromatic heterocycles. The van der Waals surface area contributed by atoms with Gasteiger partial charge in [0.25, 0.3) is 4.60 Å². The molecular formula is C8H4Cl2NO2+. The Morgan fingerprint density at radius 3 is 2.77 bits per heavy atom. The zero-order chi connectivity index (χ0) is 9.42. The first-order valence-corrected chi connectivity index (χ1v) is 4.24. The number of benzene rings is 1. The van der Waals surface area contributed by atoms with Crippen LogP contribution in [-0.4, -0.2) is 0 Å². The zero-order valence-electron chi connectivity index (χ0n) is 6.33. The Morgan fingerprint density at radius 1 is 1.23 bits per heavy atom. The second-order valence-electron chi connectivity index (χ2n) is 2.50. The molecule has 5 heteroatoms. The number of halogens is 2. The topological polar surface area (TPSA) is 36.1 Å². The molecule has 0 unspecified atom stereocenters. The SMILES string of the molecule is O=[n+]1oc2ccc(Cl)cc2cc1Cl. The van der Waals surface area contributed by atoms with Gasteiger partial charge in [0, 0.05) is 16.5 Å². The van der Waals surface area contributed by atoms with E-state index in [0.29, 0.717) is 16.0 Å². The van der Waals surface area contributed by atoms with Crippen molar-refractivity contribution in [3.8, 4) is 0 Å². The van der Waals surface area contributed by atoms with Crippen molar-refractivity contribution in [1.29, 1.82) is 0 Å². The Bertz CT molecular complexity index is 521. The summed E-state index contributed by atoms with van der Waals surface area (Å²) in [7, 11) is 0. The maximum absolute atomic E-state index is 10.9. The minimum absolute atomic E-state index is 0.0187. The predicted molar refractivity (Wildman–Crippen MR) is 49.6 cm³/mol. The Kier molecular flexibility index (Phi) is 1.98. The van der Waals surface area contributed by atoms with Crippen molar-refractivity contribution >= 4 is 34.2 Å². The third kappa shape index (κ3) is 1.53. The predicted octanol–water partition coefficient (Wildman–Crippen LogP) is 2.65. The van der Waals surface area contributed by atoms with E-state index in [4.69, 9.17) is 27.7 Å². The van der Waals surface area contributed by atoms with Crippen LogP contribution in [0.3, 0.4) is 0 Å². The largest absolute Gasteiger partial charge is 0.386 e. The van der Waals surface area contributed by atoms with Crippen molar-refractivity contribution in [3.63, 3.8) is 0 Å². The summed E-state index contributed by atoms with van der Waals surface area (Å²) >= 11 is 11.3. The second-order valence-corrected chi connectivity index (χ2v) is 3.32. The molecule has 0 aliphatic carbocycles. The normalized spacial score (nSPS) is 10.6. The van der Waals surface area contributed by atoms with Gasteiger partial charge in [-0.15, -0.1) is 0 Å². The molecule has 0 atom stereocenters. The van der Waals surface area contributed by atoms with Crippen LogP contribution in [0.15, 0.2) is 28.8 Å². The van der Waals surface area contributed by atoms with Crippen molar-refractivity contribution in [2.24, 2.45) is 0 Å². The molecule has 3 nitrogen and oxygen atoms in total. The first-order chi connectivity index (χ1) is 6.16. The van der Waals surface area contributed by atoms with Crippen LogP contribution in [-0.2, 0) is 0 Å². The van der Waals surface area contributed by atoms with E-state index in [1.807, 2.05) is 0 Å². The maximum atomic E-state index is 10.9. The summed E-state index contributed by atoms with van der Waals surface area (Å²) in [5, 5.41) is 1.25. The Labute approximate surface area is 83.1 Å². The van der Waals surface area contributed by atoms with Crippen LogP contribution in [0.4, 0.5) is 0 Å². The summed E-state index contributed by atoms with van der Waals surface area (Å²) in [6.45, 7) is 0. The fourth-order valence-corrected chi connectivity index (χ4v) is 1.36. The Hall–Kier alpha value is -1.06. The number of nitrogens with zero attached hydrogens (tertiary/aromatic N) is 1. The van der Waals surface area contributed by atoms with Gasteiger partial charge in [0.2, 0.25) is 5.58 Å². The average Bonchev–Trinajstić information content (AvgIpc) is 2.08. The van der Waals surface area contributed by atoms with Crippen LogP contribution >= 0.6 is 23.2 Å². The van der Waals surface area contributed by atoms with Crippen molar-refractivity contribution in [1.82, 2.24) is 0 Å². The molecule has 2 aromatic rings. The van der Waals surface area contributed by atoms with E-state index in [0.717, 1.165) is 0 Å². The highest BCUT2D eigenvalue weighted by atomic mass is 35.5. The fourth-order valence-electron chi connectivity index (χ4n) is 1.03. The van der Waals surface area contributed by atoms with Gasteiger partial charge in [0.15, 0.2) is 0 Å². The quantitative estimate of drug-likeness (QED) is 0.679. The smallest absolute Gasteiger partial charge is 0.184 e. The van der Waals surface area contributed by atoms with Gasteiger partial charge in [-0.1, -0.05) is 11.6 Å². The third-order valence-corrected chi connectivity index (χ3v) is 2.08. The van der Waals surface area contributed by atoms with Gasteiger partial charge in [0.05, 0.1) is 4.91 Å². The van der Waals surface area contributed by atoms with Gasteiger partial charge >= 0.3 is 5.15 Å². The van der Waals surface area contributed by atoms with E-state index in [2.05, 4.69) is 0 Å². The summed E-state index contributed by atoms with van der Waals surface area (Å²) in [4.78, 5) is 10.9. The van der Waals surface area contributed by atoms with Crippen molar-refractivity contribution < 1.29 is 9.12 Å². The first-order valence-electron chi connectivity index (χ1n) is 3.49. The Balaban J connectivity index is 2.89. The van der Waals surface area contributed by atoms with Gasteiger partial charge in [-0.3, -0.25) is 0 Å². The molecule has 0 aliphatic heterocycles. The van der Waals surface area contributed by atoms with E-state index in [1.54, 1.807) is 18.2 Å². The van der Waals surface area contributed by atoms with Gasteiger partial charge < -0.3 is 0 Å². The summed E-state index contributed by atoms with van der Waals surface area (Å²) in [6, 6.07) is 6.43. The van der Waals surface area contributed by atoms with E-state index >= 15 is 0 Å². The van der Waals surface area contributed by atoms with E-state index < -0.39 is 0 Å². The average molecular weight is 217 g/mol. The van der Waals surface area contributed by atoms with E-state index in [-0.39, 0.29) is 9.75 Å². The number of aromatic nitrogens is 1. The highest BCUT2D eigenvalue weighted by Gasteiger charge is 2.10.